The van der Waals surface area contributed by atoms with Crippen LogP contribution in [0.3, 0.4) is 0 Å². The molecule has 1 fully saturated rings. The van der Waals surface area contributed by atoms with Crippen LogP contribution in [0, 0.1) is 5.92 Å². The van der Waals surface area contributed by atoms with Gasteiger partial charge < -0.3 is 9.53 Å². The molecule has 0 spiro atoms. The third-order valence-electron chi connectivity index (χ3n) is 2.25. The van der Waals surface area contributed by atoms with Gasteiger partial charge in [-0.2, -0.15) is 0 Å². The maximum absolute atomic E-state index is 10.7. The molecule has 0 bridgehead atoms. The van der Waals surface area contributed by atoms with Crippen molar-refractivity contribution < 1.29 is 9.53 Å². The Hall–Kier alpha value is -0.370. The van der Waals surface area contributed by atoms with E-state index in [0.29, 0.717) is 0 Å². The highest BCUT2D eigenvalue weighted by Gasteiger charge is 2.38. The Bertz CT molecular complexity index is 167. The highest BCUT2D eigenvalue weighted by atomic mass is 16.5. The van der Waals surface area contributed by atoms with Crippen LogP contribution in [0.5, 0.6) is 0 Å². The van der Waals surface area contributed by atoms with E-state index in [1.54, 1.807) is 0 Å². The standard InChI is InChI=1S/C10H18O2.C2H6/c1-9(2)5-8(7-11)6-10(3,4)12-9;1-2/h7-8H,5-6H2,1-4H3;1-2H3. The highest BCUT2D eigenvalue weighted by molar-refractivity contribution is 5.54. The van der Waals surface area contributed by atoms with Gasteiger partial charge in [-0.15, -0.1) is 0 Å². The van der Waals surface area contributed by atoms with Gasteiger partial charge in [0.1, 0.15) is 6.29 Å². The first-order valence-electron chi connectivity index (χ1n) is 5.50. The molecule has 14 heavy (non-hydrogen) atoms. The lowest BCUT2D eigenvalue weighted by atomic mass is 9.82. The van der Waals surface area contributed by atoms with Gasteiger partial charge in [0, 0.05) is 5.92 Å². The quantitative estimate of drug-likeness (QED) is 0.608. The minimum atomic E-state index is -0.146. The Morgan fingerprint density at radius 2 is 1.43 bits per heavy atom. The molecule has 0 amide bonds. The second-order valence-electron chi connectivity index (χ2n) is 4.93. The Morgan fingerprint density at radius 3 is 1.71 bits per heavy atom. The topological polar surface area (TPSA) is 26.3 Å². The van der Waals surface area contributed by atoms with Crippen molar-refractivity contribution in [2.45, 2.75) is 65.6 Å². The molecule has 0 saturated carbocycles. The van der Waals surface area contributed by atoms with Gasteiger partial charge in [0.05, 0.1) is 11.2 Å². The predicted molar refractivity (Wildman–Crippen MR) is 59.4 cm³/mol. The van der Waals surface area contributed by atoms with Gasteiger partial charge in [0.2, 0.25) is 0 Å². The zero-order chi connectivity index (χ0) is 11.4. The van der Waals surface area contributed by atoms with Crippen molar-refractivity contribution in [2.24, 2.45) is 5.92 Å². The maximum Gasteiger partial charge on any atom is 0.123 e. The maximum atomic E-state index is 10.7. The molecule has 0 aromatic heterocycles. The van der Waals surface area contributed by atoms with Crippen LogP contribution in [0.4, 0.5) is 0 Å². The molecule has 1 saturated heterocycles. The van der Waals surface area contributed by atoms with Crippen LogP contribution in [0.25, 0.3) is 0 Å². The Balaban J connectivity index is 0.000000791. The fourth-order valence-corrected chi connectivity index (χ4v) is 2.26. The summed E-state index contributed by atoms with van der Waals surface area (Å²) in [5.41, 5.74) is -0.291. The predicted octanol–water partition coefficient (Wildman–Crippen LogP) is 3.20. The Kier molecular flexibility index (Phi) is 4.79. The number of carbonyl (C=O) groups excluding carboxylic acids is 1. The molecule has 0 aromatic carbocycles. The van der Waals surface area contributed by atoms with E-state index in [2.05, 4.69) is 0 Å². The van der Waals surface area contributed by atoms with Crippen LogP contribution in [0.2, 0.25) is 0 Å². The third kappa shape index (κ3) is 4.23. The van der Waals surface area contributed by atoms with Crippen molar-refractivity contribution in [1.29, 1.82) is 0 Å². The number of ether oxygens (including phenoxy) is 1. The molecule has 2 heteroatoms. The third-order valence-corrected chi connectivity index (χ3v) is 2.25. The summed E-state index contributed by atoms with van der Waals surface area (Å²) in [7, 11) is 0. The van der Waals surface area contributed by atoms with Gasteiger partial charge in [-0.05, 0) is 40.5 Å². The molecule has 0 unspecified atom stereocenters. The van der Waals surface area contributed by atoms with Crippen LogP contribution in [-0.2, 0) is 9.53 Å². The van der Waals surface area contributed by atoms with Gasteiger partial charge in [-0.3, -0.25) is 0 Å². The van der Waals surface area contributed by atoms with Crippen LogP contribution >= 0.6 is 0 Å². The summed E-state index contributed by atoms with van der Waals surface area (Å²) >= 11 is 0. The van der Waals surface area contributed by atoms with Crippen LogP contribution in [-0.4, -0.2) is 17.5 Å². The molecule has 1 heterocycles. The van der Waals surface area contributed by atoms with E-state index >= 15 is 0 Å². The van der Waals surface area contributed by atoms with Crippen LogP contribution in [0.1, 0.15) is 54.4 Å². The minimum absolute atomic E-state index is 0.146. The first-order chi connectivity index (χ1) is 6.35. The lowest BCUT2D eigenvalue weighted by Crippen LogP contribution is -2.45. The second kappa shape index (κ2) is 4.92. The largest absolute Gasteiger partial charge is 0.370 e. The monoisotopic (exact) mass is 200 g/mol. The highest BCUT2D eigenvalue weighted by Crippen LogP contribution is 2.37. The zero-order valence-electron chi connectivity index (χ0n) is 10.4. The Labute approximate surface area is 88.0 Å². The number of hydrogen-bond donors (Lipinski definition) is 0. The van der Waals surface area contributed by atoms with Crippen molar-refractivity contribution in [2.75, 3.05) is 0 Å². The smallest absolute Gasteiger partial charge is 0.123 e. The average Bonchev–Trinajstić information content (AvgIpc) is 2.02. The summed E-state index contributed by atoms with van der Waals surface area (Å²) in [6, 6.07) is 0. The SMILES string of the molecule is CC.CC1(C)CC(C=O)CC(C)(C)O1. The molecule has 0 atom stereocenters. The fourth-order valence-electron chi connectivity index (χ4n) is 2.26. The van der Waals surface area contributed by atoms with Crippen LogP contribution < -0.4 is 0 Å². The van der Waals surface area contributed by atoms with E-state index in [4.69, 9.17) is 4.74 Å². The molecular formula is C12H24O2. The summed E-state index contributed by atoms with van der Waals surface area (Å²) < 4.78 is 5.83. The molecule has 1 rings (SSSR count). The molecule has 1 aliphatic heterocycles. The number of carbonyl (C=O) groups is 1. The van der Waals surface area contributed by atoms with Crippen molar-refractivity contribution in [3.63, 3.8) is 0 Å². The molecule has 0 N–H and O–H groups in total. The first-order valence-corrected chi connectivity index (χ1v) is 5.50. The second-order valence-corrected chi connectivity index (χ2v) is 4.93. The van der Waals surface area contributed by atoms with E-state index in [1.807, 2.05) is 41.5 Å². The van der Waals surface area contributed by atoms with Gasteiger partial charge in [-0.25, -0.2) is 0 Å². The van der Waals surface area contributed by atoms with E-state index in [9.17, 15) is 4.79 Å². The Morgan fingerprint density at radius 1 is 1.07 bits per heavy atom. The average molecular weight is 200 g/mol. The lowest BCUT2D eigenvalue weighted by Gasteiger charge is -2.43. The van der Waals surface area contributed by atoms with Crippen molar-refractivity contribution >= 4 is 6.29 Å². The number of hydrogen-bond acceptors (Lipinski definition) is 2. The molecule has 0 radical (unpaired) electrons. The van der Waals surface area contributed by atoms with E-state index in [-0.39, 0.29) is 17.1 Å². The van der Waals surface area contributed by atoms with Crippen LogP contribution in [0.15, 0.2) is 0 Å². The van der Waals surface area contributed by atoms with Gasteiger partial charge in [0.25, 0.3) is 0 Å². The minimum Gasteiger partial charge on any atom is -0.370 e. The van der Waals surface area contributed by atoms with Crippen molar-refractivity contribution in [3.05, 3.63) is 0 Å². The molecule has 0 aliphatic carbocycles. The van der Waals surface area contributed by atoms with Gasteiger partial charge >= 0.3 is 0 Å². The molecule has 0 aromatic rings. The van der Waals surface area contributed by atoms with E-state index in [0.717, 1.165) is 19.1 Å². The lowest BCUT2D eigenvalue weighted by molar-refractivity contribution is -0.173. The summed E-state index contributed by atoms with van der Waals surface area (Å²) in [6.07, 6.45) is 2.76. The van der Waals surface area contributed by atoms with E-state index in [1.165, 1.54) is 0 Å². The molecule has 1 aliphatic rings. The fraction of sp³-hybridized carbons (Fsp3) is 0.917. The summed E-state index contributed by atoms with van der Waals surface area (Å²) in [5.74, 6) is 0.170. The van der Waals surface area contributed by atoms with Crippen molar-refractivity contribution in [3.8, 4) is 0 Å². The summed E-state index contributed by atoms with van der Waals surface area (Å²) in [6.45, 7) is 12.2. The number of aldehydes is 1. The van der Waals surface area contributed by atoms with Gasteiger partial charge in [0.15, 0.2) is 0 Å². The first kappa shape index (κ1) is 13.6. The molecular weight excluding hydrogens is 176 g/mol. The zero-order valence-corrected chi connectivity index (χ0v) is 10.4. The summed E-state index contributed by atoms with van der Waals surface area (Å²) in [5, 5.41) is 0. The van der Waals surface area contributed by atoms with Crippen molar-refractivity contribution in [1.82, 2.24) is 0 Å². The number of rotatable bonds is 1. The normalized spacial score (nSPS) is 24.7. The van der Waals surface area contributed by atoms with E-state index < -0.39 is 0 Å². The molecule has 2 nitrogen and oxygen atoms in total. The molecule has 84 valence electrons. The summed E-state index contributed by atoms with van der Waals surface area (Å²) in [4.78, 5) is 10.7. The van der Waals surface area contributed by atoms with Gasteiger partial charge in [-0.1, -0.05) is 13.8 Å².